The Labute approximate surface area is 104 Å². The molecule has 0 aromatic carbocycles. The maximum atomic E-state index is 11.8. The van der Waals surface area contributed by atoms with Crippen LogP contribution in [0.1, 0.15) is 46.0 Å². The third-order valence-corrected chi connectivity index (χ3v) is 3.95. The molecule has 0 aromatic heterocycles. The van der Waals surface area contributed by atoms with Gasteiger partial charge in [-0.15, -0.1) is 12.4 Å². The van der Waals surface area contributed by atoms with Crippen molar-refractivity contribution >= 4 is 18.3 Å². The van der Waals surface area contributed by atoms with Crippen LogP contribution in [0.3, 0.4) is 0 Å². The van der Waals surface area contributed by atoms with Gasteiger partial charge >= 0.3 is 0 Å². The van der Waals surface area contributed by atoms with E-state index in [0.717, 1.165) is 32.1 Å². The molecule has 2 aliphatic rings. The summed E-state index contributed by atoms with van der Waals surface area (Å²) in [5, 5.41) is 3.16. The van der Waals surface area contributed by atoms with E-state index in [4.69, 9.17) is 5.73 Å². The summed E-state index contributed by atoms with van der Waals surface area (Å²) in [4.78, 5) is 11.8. The number of nitrogens with one attached hydrogen (secondary N) is 1. The molecular formula is C12H23ClN2O. The summed E-state index contributed by atoms with van der Waals surface area (Å²) >= 11 is 0. The van der Waals surface area contributed by atoms with Crippen LogP contribution >= 0.6 is 12.4 Å². The highest BCUT2D eigenvalue weighted by Gasteiger charge is 2.50. The molecule has 2 aliphatic carbocycles. The second-order valence-corrected chi connectivity index (χ2v) is 5.87. The minimum absolute atomic E-state index is 0. The molecule has 1 atom stereocenters. The van der Waals surface area contributed by atoms with Gasteiger partial charge in [0.15, 0.2) is 0 Å². The molecule has 0 heterocycles. The van der Waals surface area contributed by atoms with Crippen LogP contribution in [-0.4, -0.2) is 18.0 Å². The Hall–Kier alpha value is -0.280. The minimum atomic E-state index is 0. The molecule has 1 unspecified atom stereocenters. The first-order valence-electron chi connectivity index (χ1n) is 6.05. The van der Waals surface area contributed by atoms with Gasteiger partial charge in [-0.1, -0.05) is 13.8 Å². The summed E-state index contributed by atoms with van der Waals surface area (Å²) in [7, 11) is 0. The van der Waals surface area contributed by atoms with Crippen molar-refractivity contribution in [1.29, 1.82) is 0 Å². The topological polar surface area (TPSA) is 55.1 Å². The third-order valence-electron chi connectivity index (χ3n) is 3.95. The van der Waals surface area contributed by atoms with Crippen LogP contribution in [0, 0.1) is 11.3 Å². The van der Waals surface area contributed by atoms with Crippen molar-refractivity contribution in [2.45, 2.75) is 58.0 Å². The van der Waals surface area contributed by atoms with Gasteiger partial charge in [-0.05, 0) is 37.5 Å². The number of rotatable bonds is 2. The van der Waals surface area contributed by atoms with Gasteiger partial charge in [0.25, 0.3) is 0 Å². The molecule has 16 heavy (non-hydrogen) atoms. The number of amides is 1. The van der Waals surface area contributed by atoms with Crippen LogP contribution in [0.15, 0.2) is 0 Å². The van der Waals surface area contributed by atoms with Gasteiger partial charge in [-0.3, -0.25) is 4.79 Å². The maximum absolute atomic E-state index is 11.8. The summed E-state index contributed by atoms with van der Waals surface area (Å²) < 4.78 is 0. The Morgan fingerprint density at radius 3 is 2.19 bits per heavy atom. The first-order valence-corrected chi connectivity index (χ1v) is 6.05. The first kappa shape index (κ1) is 13.8. The van der Waals surface area contributed by atoms with Gasteiger partial charge in [0, 0.05) is 18.0 Å². The maximum Gasteiger partial charge on any atom is 0.223 e. The number of carbonyl (C=O) groups is 1. The molecule has 0 aromatic rings. The van der Waals surface area contributed by atoms with Crippen molar-refractivity contribution in [3.05, 3.63) is 0 Å². The number of halogens is 1. The van der Waals surface area contributed by atoms with E-state index in [2.05, 4.69) is 19.2 Å². The molecule has 3 nitrogen and oxygen atoms in total. The van der Waals surface area contributed by atoms with E-state index in [1.165, 1.54) is 0 Å². The summed E-state index contributed by atoms with van der Waals surface area (Å²) in [6.45, 7) is 4.32. The van der Waals surface area contributed by atoms with Gasteiger partial charge in [0.05, 0.1) is 0 Å². The Kier molecular flexibility index (Phi) is 4.24. The van der Waals surface area contributed by atoms with Crippen molar-refractivity contribution in [1.82, 2.24) is 5.32 Å². The largest absolute Gasteiger partial charge is 0.353 e. The lowest BCUT2D eigenvalue weighted by molar-refractivity contribution is -0.123. The van der Waals surface area contributed by atoms with E-state index in [1.807, 2.05) is 0 Å². The molecule has 0 bridgehead atoms. The van der Waals surface area contributed by atoms with Crippen LogP contribution in [0.25, 0.3) is 0 Å². The highest BCUT2D eigenvalue weighted by molar-refractivity contribution is 5.85. The number of carbonyl (C=O) groups excluding carboxylic acids is 1. The van der Waals surface area contributed by atoms with Crippen LogP contribution in [0.4, 0.5) is 0 Å². The number of hydrogen-bond donors (Lipinski definition) is 2. The molecule has 0 radical (unpaired) electrons. The summed E-state index contributed by atoms with van der Waals surface area (Å²) in [6.07, 6.45) is 5.27. The standard InChI is InChI=1S/C12H22N2O.ClH/c1-12(2)7-10(12)11(15)14-9-5-3-8(13)4-6-9;/h8-10H,3-7,13H2,1-2H3,(H,14,15);1H. The smallest absolute Gasteiger partial charge is 0.223 e. The zero-order valence-corrected chi connectivity index (χ0v) is 11.0. The minimum Gasteiger partial charge on any atom is -0.353 e. The fourth-order valence-corrected chi connectivity index (χ4v) is 2.48. The lowest BCUT2D eigenvalue weighted by Crippen LogP contribution is -2.41. The number of nitrogens with two attached hydrogens (primary N) is 1. The summed E-state index contributed by atoms with van der Waals surface area (Å²) in [6, 6.07) is 0.740. The third kappa shape index (κ3) is 3.11. The summed E-state index contributed by atoms with van der Waals surface area (Å²) in [5.74, 6) is 0.522. The molecule has 2 fully saturated rings. The quantitative estimate of drug-likeness (QED) is 0.781. The molecule has 2 saturated carbocycles. The van der Waals surface area contributed by atoms with E-state index in [0.29, 0.717) is 12.1 Å². The average Bonchev–Trinajstić information content (AvgIpc) is 2.79. The molecule has 0 aliphatic heterocycles. The van der Waals surface area contributed by atoms with Crippen molar-refractivity contribution in [2.24, 2.45) is 17.1 Å². The van der Waals surface area contributed by atoms with Crippen LogP contribution in [0.2, 0.25) is 0 Å². The van der Waals surface area contributed by atoms with Crippen molar-refractivity contribution in [2.75, 3.05) is 0 Å². The van der Waals surface area contributed by atoms with Crippen molar-refractivity contribution < 1.29 is 4.79 Å². The average molecular weight is 247 g/mol. The van der Waals surface area contributed by atoms with E-state index in [1.54, 1.807) is 0 Å². The Bertz CT molecular complexity index is 260. The van der Waals surface area contributed by atoms with Gasteiger partial charge in [-0.2, -0.15) is 0 Å². The SMILES string of the molecule is CC1(C)CC1C(=O)NC1CCC(N)CC1.Cl. The van der Waals surface area contributed by atoms with E-state index in [9.17, 15) is 4.79 Å². The molecule has 2 rings (SSSR count). The summed E-state index contributed by atoms with van der Waals surface area (Å²) in [5.41, 5.74) is 6.08. The highest BCUT2D eigenvalue weighted by atomic mass is 35.5. The van der Waals surface area contributed by atoms with Crippen LogP contribution in [0.5, 0.6) is 0 Å². The Morgan fingerprint density at radius 2 is 1.75 bits per heavy atom. The van der Waals surface area contributed by atoms with Gasteiger partial charge < -0.3 is 11.1 Å². The van der Waals surface area contributed by atoms with Crippen molar-refractivity contribution in [3.8, 4) is 0 Å². The normalized spacial score (nSPS) is 36.1. The van der Waals surface area contributed by atoms with Gasteiger partial charge in [0.1, 0.15) is 0 Å². The molecule has 0 spiro atoms. The predicted molar refractivity (Wildman–Crippen MR) is 67.5 cm³/mol. The van der Waals surface area contributed by atoms with Gasteiger partial charge in [-0.25, -0.2) is 0 Å². The van der Waals surface area contributed by atoms with E-state index >= 15 is 0 Å². The molecule has 1 amide bonds. The molecule has 3 N–H and O–H groups in total. The lowest BCUT2D eigenvalue weighted by atomic mass is 9.91. The van der Waals surface area contributed by atoms with E-state index < -0.39 is 0 Å². The fourth-order valence-electron chi connectivity index (χ4n) is 2.48. The molecule has 0 saturated heterocycles. The molecular weight excluding hydrogens is 224 g/mol. The predicted octanol–water partition coefficient (Wildman–Crippen LogP) is 1.84. The zero-order chi connectivity index (χ0) is 11.1. The Balaban J connectivity index is 0.00000128. The first-order chi connectivity index (χ1) is 6.99. The number of hydrogen-bond acceptors (Lipinski definition) is 2. The second-order valence-electron chi connectivity index (χ2n) is 5.87. The highest BCUT2D eigenvalue weighted by Crippen LogP contribution is 2.51. The van der Waals surface area contributed by atoms with E-state index in [-0.39, 0.29) is 29.6 Å². The fraction of sp³-hybridized carbons (Fsp3) is 0.917. The van der Waals surface area contributed by atoms with Crippen LogP contribution in [-0.2, 0) is 4.79 Å². The molecule has 94 valence electrons. The van der Waals surface area contributed by atoms with Gasteiger partial charge in [0.2, 0.25) is 5.91 Å². The van der Waals surface area contributed by atoms with Crippen molar-refractivity contribution in [3.63, 3.8) is 0 Å². The monoisotopic (exact) mass is 246 g/mol. The zero-order valence-electron chi connectivity index (χ0n) is 10.2. The second kappa shape index (κ2) is 4.92. The van der Waals surface area contributed by atoms with Crippen LogP contribution < -0.4 is 11.1 Å². The lowest BCUT2D eigenvalue weighted by Gasteiger charge is -2.27. The Morgan fingerprint density at radius 1 is 1.25 bits per heavy atom. The molecule has 4 heteroatoms.